The summed E-state index contributed by atoms with van der Waals surface area (Å²) in [6.45, 7) is 11.0. The fourth-order valence-electron chi connectivity index (χ4n) is 7.07. The molecule has 2 aromatic rings. The molecule has 2 bridgehead atoms. The Morgan fingerprint density at radius 1 is 1.07 bits per heavy atom. The third-order valence-corrected chi connectivity index (χ3v) is 12.3. The lowest BCUT2D eigenvalue weighted by Crippen LogP contribution is -2.56. The van der Waals surface area contributed by atoms with Gasteiger partial charge in [-0.25, -0.2) is 0 Å². The van der Waals surface area contributed by atoms with Crippen LogP contribution in [0.5, 0.6) is 5.75 Å². The first kappa shape index (κ1) is 33.6. The summed E-state index contributed by atoms with van der Waals surface area (Å²) in [5.74, 6) is -1.18. The highest BCUT2D eigenvalue weighted by Crippen LogP contribution is 2.68. The van der Waals surface area contributed by atoms with Crippen LogP contribution in [0.4, 0.5) is 11.4 Å². The average Bonchev–Trinajstić information content (AvgIpc) is 3.62. The van der Waals surface area contributed by atoms with Crippen LogP contribution in [0, 0.1) is 11.8 Å². The van der Waals surface area contributed by atoms with E-state index in [4.69, 9.17) is 16.3 Å². The van der Waals surface area contributed by atoms with E-state index in [1.807, 2.05) is 31.2 Å². The molecule has 1 N–H and O–H groups in total. The van der Waals surface area contributed by atoms with Gasteiger partial charge in [0.2, 0.25) is 11.8 Å². The maximum absolute atomic E-state index is 14.7. The Morgan fingerprint density at radius 2 is 1.67 bits per heavy atom. The Hall–Kier alpha value is -2.79. The molecular weight excluding hydrogens is 678 g/mol. The van der Waals surface area contributed by atoms with Gasteiger partial charge in [-0.05, 0) is 74.7 Å². The Balaban J connectivity index is 1.55. The van der Waals surface area contributed by atoms with Crippen molar-refractivity contribution in [3.05, 3.63) is 78.9 Å². The summed E-state index contributed by atoms with van der Waals surface area (Å²) in [6, 6.07) is 13.6. The smallest absolute Gasteiger partial charge is 0.251 e. The molecule has 0 aromatic heterocycles. The molecule has 0 saturated carbocycles. The summed E-state index contributed by atoms with van der Waals surface area (Å²) in [6.07, 6.45) is 4.95. The van der Waals surface area contributed by atoms with Gasteiger partial charge in [-0.1, -0.05) is 39.7 Å². The zero-order valence-corrected chi connectivity index (χ0v) is 28.5. The molecular formula is C34H39BrClN3O5S. The molecule has 3 saturated heterocycles. The summed E-state index contributed by atoms with van der Waals surface area (Å²) in [5, 5.41) is 9.87. The van der Waals surface area contributed by atoms with Gasteiger partial charge >= 0.3 is 0 Å². The normalized spacial score (nSPS) is 26.4. The van der Waals surface area contributed by atoms with E-state index in [-0.39, 0.29) is 47.5 Å². The second kappa shape index (κ2) is 14.3. The molecule has 3 fully saturated rings. The Labute approximate surface area is 282 Å². The number of alkyl halides is 1. The molecule has 0 aliphatic carbocycles. The van der Waals surface area contributed by atoms with Crippen molar-refractivity contribution in [3.8, 4) is 5.75 Å². The number of nitrogens with zero attached hydrogens (tertiary/aromatic N) is 3. The Morgan fingerprint density at radius 3 is 2.24 bits per heavy atom. The molecule has 3 aliphatic heterocycles. The highest BCUT2D eigenvalue weighted by molar-refractivity contribution is 9.09. The molecule has 1 spiro atoms. The molecule has 5 rings (SSSR count). The van der Waals surface area contributed by atoms with Crippen LogP contribution in [0.3, 0.4) is 0 Å². The first-order valence-corrected chi connectivity index (χ1v) is 17.5. The third-order valence-electron chi connectivity index (χ3n) is 8.87. The van der Waals surface area contributed by atoms with Gasteiger partial charge in [0.05, 0.1) is 23.2 Å². The van der Waals surface area contributed by atoms with Crippen molar-refractivity contribution >= 4 is 68.4 Å². The van der Waals surface area contributed by atoms with Crippen LogP contribution < -0.4 is 14.5 Å². The monoisotopic (exact) mass is 715 g/mol. The van der Waals surface area contributed by atoms with E-state index < -0.39 is 22.6 Å². The van der Waals surface area contributed by atoms with E-state index in [0.29, 0.717) is 54.6 Å². The number of carbonyl (C=O) groups is 3. The molecule has 3 aliphatic rings. The van der Waals surface area contributed by atoms with Gasteiger partial charge in [-0.2, -0.15) is 0 Å². The number of hydrogen-bond acceptors (Lipinski definition) is 6. The van der Waals surface area contributed by atoms with Gasteiger partial charge in [-0.15, -0.1) is 24.9 Å². The third kappa shape index (κ3) is 6.19. The lowest BCUT2D eigenvalue weighted by Gasteiger charge is -2.38. The average molecular weight is 717 g/mol. The number of hydrogen-bond donors (Lipinski definition) is 1. The number of benzene rings is 2. The number of thioether (sulfide) groups is 1. The summed E-state index contributed by atoms with van der Waals surface area (Å²) in [4.78, 5) is 48.8. The van der Waals surface area contributed by atoms with Crippen LogP contribution in [-0.4, -0.2) is 81.4 Å². The lowest BCUT2D eigenvalue weighted by atomic mass is 9.70. The first-order valence-electron chi connectivity index (χ1n) is 15.3. The standard InChI is InChI=1S/C34H39BrClN3O5S/c1-4-17-37(24-13-15-25(16-14-24)44-6-3)31(41)27-28-32(42)39(19-7-8-20-40)30(34(28)21-26(35)29(27)45-34)33(43)38(18-5-2)23-11-9-22(36)10-12-23/h4-5,9-16,26-30,40H,1-2,6-8,17-21H2,3H3/t26?,27-,28+,29-,30?,34?/m1/s1. The second-order valence-corrected chi connectivity index (χ2v) is 14.7. The van der Waals surface area contributed by atoms with Crippen LogP contribution in [-0.2, 0) is 14.4 Å². The highest BCUT2D eigenvalue weighted by atomic mass is 79.9. The number of unbranched alkanes of at least 4 members (excludes halogenated alkanes) is 1. The van der Waals surface area contributed by atoms with E-state index >= 15 is 0 Å². The van der Waals surface area contributed by atoms with Crippen molar-refractivity contribution in [3.63, 3.8) is 0 Å². The van der Waals surface area contributed by atoms with E-state index in [0.717, 1.165) is 0 Å². The molecule has 6 atom stereocenters. The SMILES string of the molecule is C=CCN(C(=O)C1N(CCCCO)C(=O)[C@@H]2[C@@H](C(=O)N(CC=C)c3ccc(OCC)cc3)[C@@H]3SC12CC3Br)c1ccc(Cl)cc1. The van der Waals surface area contributed by atoms with Gasteiger partial charge in [0.1, 0.15) is 11.8 Å². The topological polar surface area (TPSA) is 90.4 Å². The van der Waals surface area contributed by atoms with Crippen LogP contribution in [0.1, 0.15) is 26.2 Å². The van der Waals surface area contributed by atoms with Gasteiger partial charge in [0.25, 0.3) is 5.91 Å². The fourth-order valence-corrected chi connectivity index (χ4v) is 10.8. The number of likely N-dealkylation sites (tertiary alicyclic amines) is 1. The quantitative estimate of drug-likeness (QED) is 0.153. The minimum atomic E-state index is -0.808. The fraction of sp³-hybridized carbons (Fsp3) is 0.441. The molecule has 11 heteroatoms. The number of carbonyl (C=O) groups excluding carboxylic acids is 3. The molecule has 2 aromatic carbocycles. The summed E-state index contributed by atoms with van der Waals surface area (Å²) < 4.78 is 4.79. The van der Waals surface area contributed by atoms with Crippen molar-refractivity contribution in [1.82, 2.24) is 4.90 Å². The van der Waals surface area contributed by atoms with Crippen LogP contribution >= 0.6 is 39.3 Å². The highest BCUT2D eigenvalue weighted by Gasteiger charge is 2.76. The van der Waals surface area contributed by atoms with E-state index in [2.05, 4.69) is 29.1 Å². The molecule has 3 heterocycles. The lowest BCUT2D eigenvalue weighted by molar-refractivity contribution is -0.139. The van der Waals surface area contributed by atoms with Gasteiger partial charge < -0.3 is 24.5 Å². The summed E-state index contributed by atoms with van der Waals surface area (Å²) in [5.41, 5.74) is 1.34. The molecule has 45 heavy (non-hydrogen) atoms. The van der Waals surface area contributed by atoms with E-state index in [1.165, 1.54) is 0 Å². The zero-order valence-electron chi connectivity index (χ0n) is 25.3. The van der Waals surface area contributed by atoms with Gasteiger partial charge in [-0.3, -0.25) is 14.4 Å². The maximum Gasteiger partial charge on any atom is 0.251 e. The summed E-state index contributed by atoms with van der Waals surface area (Å²) in [7, 11) is 0. The van der Waals surface area contributed by atoms with Gasteiger partial charge in [0, 0.05) is 52.7 Å². The largest absolute Gasteiger partial charge is 0.494 e. The van der Waals surface area contributed by atoms with Crippen LogP contribution in [0.25, 0.3) is 0 Å². The molecule has 8 nitrogen and oxygen atoms in total. The Kier molecular flexibility index (Phi) is 10.7. The first-order chi connectivity index (χ1) is 21.7. The molecule has 0 radical (unpaired) electrons. The number of fused-ring (bicyclic) bond motifs is 1. The number of aliphatic hydroxyl groups excluding tert-OH is 1. The molecule has 240 valence electrons. The number of halogens is 2. The number of ether oxygens (including phenoxy) is 1. The number of amides is 3. The van der Waals surface area contributed by atoms with Crippen LogP contribution in [0.2, 0.25) is 5.02 Å². The predicted molar refractivity (Wildman–Crippen MR) is 184 cm³/mol. The molecule has 3 unspecified atom stereocenters. The van der Waals surface area contributed by atoms with Crippen molar-refractivity contribution in [2.75, 3.05) is 42.6 Å². The predicted octanol–water partition coefficient (Wildman–Crippen LogP) is 5.71. The second-order valence-electron chi connectivity index (χ2n) is 11.5. The van der Waals surface area contributed by atoms with Crippen LogP contribution in [0.15, 0.2) is 73.8 Å². The van der Waals surface area contributed by atoms with Crippen molar-refractivity contribution in [1.29, 1.82) is 0 Å². The van der Waals surface area contributed by atoms with Crippen molar-refractivity contribution in [2.45, 2.75) is 47.1 Å². The minimum absolute atomic E-state index is 0.0113. The zero-order chi connectivity index (χ0) is 32.3. The van der Waals surface area contributed by atoms with Crippen molar-refractivity contribution < 1.29 is 24.2 Å². The maximum atomic E-state index is 14.7. The minimum Gasteiger partial charge on any atom is -0.494 e. The van der Waals surface area contributed by atoms with E-state index in [1.54, 1.807) is 62.9 Å². The number of aliphatic hydroxyl groups is 1. The molecule has 3 amide bonds. The van der Waals surface area contributed by atoms with Crippen molar-refractivity contribution in [2.24, 2.45) is 11.8 Å². The summed E-state index contributed by atoms with van der Waals surface area (Å²) >= 11 is 11.6. The Bertz CT molecular complexity index is 1430. The van der Waals surface area contributed by atoms with Gasteiger partial charge in [0.15, 0.2) is 0 Å². The number of rotatable bonds is 14. The number of anilines is 2. The van der Waals surface area contributed by atoms with E-state index in [9.17, 15) is 19.5 Å².